The molecule has 0 bridgehead atoms. The summed E-state index contributed by atoms with van der Waals surface area (Å²) in [6, 6.07) is 2.09. The van der Waals surface area contributed by atoms with E-state index in [4.69, 9.17) is 5.73 Å². The molecule has 2 rings (SSSR count). The molecule has 1 aliphatic rings. The molecule has 0 spiro atoms. The van der Waals surface area contributed by atoms with E-state index < -0.39 is 0 Å². The third-order valence-corrected chi connectivity index (χ3v) is 3.09. The first-order valence-electron chi connectivity index (χ1n) is 5.69. The molecule has 0 amide bonds. The van der Waals surface area contributed by atoms with Crippen LogP contribution in [-0.4, -0.2) is 34.3 Å². The lowest BCUT2D eigenvalue weighted by molar-refractivity contribution is 0.169. The maximum atomic E-state index is 5.72. The molecule has 4 nitrogen and oxygen atoms in total. The van der Waals surface area contributed by atoms with Gasteiger partial charge >= 0.3 is 0 Å². The zero-order valence-corrected chi connectivity index (χ0v) is 9.39. The zero-order valence-electron chi connectivity index (χ0n) is 9.39. The van der Waals surface area contributed by atoms with Crippen LogP contribution in [0.5, 0.6) is 0 Å². The first-order valence-corrected chi connectivity index (χ1v) is 5.69. The Kier molecular flexibility index (Phi) is 3.38. The summed E-state index contributed by atoms with van der Waals surface area (Å²) in [5.74, 6) is 0.683. The van der Waals surface area contributed by atoms with Crippen molar-refractivity contribution >= 4 is 0 Å². The Bertz CT molecular complexity index is 307. The molecule has 2 heterocycles. The number of nitrogens with zero attached hydrogens (tertiary/aromatic N) is 3. The smallest absolute Gasteiger partial charge is 0.0764 e. The number of nitrogens with two attached hydrogens (primary N) is 1. The molecule has 84 valence electrons. The number of likely N-dealkylation sites (tertiary alicyclic amines) is 1. The van der Waals surface area contributed by atoms with Gasteiger partial charge in [0.1, 0.15) is 0 Å². The van der Waals surface area contributed by atoms with Gasteiger partial charge in [0.15, 0.2) is 0 Å². The number of rotatable bonds is 3. The molecule has 0 radical (unpaired) electrons. The molecule has 0 aromatic carbocycles. The predicted octanol–water partition coefficient (Wildman–Crippen LogP) is 0.591. The maximum Gasteiger partial charge on any atom is 0.0764 e. The van der Waals surface area contributed by atoms with E-state index in [-0.39, 0.29) is 0 Å². The topological polar surface area (TPSA) is 47.1 Å². The van der Waals surface area contributed by atoms with Crippen LogP contribution in [0.25, 0.3) is 0 Å². The van der Waals surface area contributed by atoms with E-state index in [1.807, 2.05) is 17.9 Å². The summed E-state index contributed by atoms with van der Waals surface area (Å²) in [5.41, 5.74) is 6.88. The SMILES string of the molecule is Cn1ccc(CN2CCCC(CN)C2)n1. The van der Waals surface area contributed by atoms with Crippen molar-refractivity contribution in [2.75, 3.05) is 19.6 Å². The molecule has 0 saturated carbocycles. The van der Waals surface area contributed by atoms with E-state index in [1.54, 1.807) is 0 Å². The summed E-state index contributed by atoms with van der Waals surface area (Å²) in [7, 11) is 1.96. The van der Waals surface area contributed by atoms with Gasteiger partial charge in [-0.25, -0.2) is 0 Å². The van der Waals surface area contributed by atoms with Crippen molar-refractivity contribution in [3.05, 3.63) is 18.0 Å². The van der Waals surface area contributed by atoms with Crippen LogP contribution in [0.3, 0.4) is 0 Å². The Morgan fingerprint density at radius 2 is 2.47 bits per heavy atom. The van der Waals surface area contributed by atoms with Crippen LogP contribution in [0.1, 0.15) is 18.5 Å². The molecular weight excluding hydrogens is 188 g/mol. The quantitative estimate of drug-likeness (QED) is 0.791. The van der Waals surface area contributed by atoms with Crippen LogP contribution >= 0.6 is 0 Å². The number of aromatic nitrogens is 2. The number of hydrogen-bond donors (Lipinski definition) is 1. The fourth-order valence-electron chi connectivity index (χ4n) is 2.26. The second-order valence-electron chi connectivity index (χ2n) is 4.46. The molecule has 1 aromatic rings. The Labute approximate surface area is 91.1 Å². The van der Waals surface area contributed by atoms with Gasteiger partial charge in [0, 0.05) is 26.3 Å². The van der Waals surface area contributed by atoms with Gasteiger partial charge in [-0.3, -0.25) is 9.58 Å². The summed E-state index contributed by atoms with van der Waals surface area (Å²) in [4.78, 5) is 2.46. The van der Waals surface area contributed by atoms with Gasteiger partial charge in [0.05, 0.1) is 5.69 Å². The van der Waals surface area contributed by atoms with Crippen molar-refractivity contribution in [2.24, 2.45) is 18.7 Å². The number of piperidine rings is 1. The van der Waals surface area contributed by atoms with Crippen LogP contribution in [0.4, 0.5) is 0 Å². The fourth-order valence-corrected chi connectivity index (χ4v) is 2.26. The predicted molar refractivity (Wildman–Crippen MR) is 60.3 cm³/mol. The third-order valence-electron chi connectivity index (χ3n) is 3.09. The molecule has 4 heteroatoms. The minimum absolute atomic E-state index is 0.683. The van der Waals surface area contributed by atoms with Crippen molar-refractivity contribution in [2.45, 2.75) is 19.4 Å². The fraction of sp³-hybridized carbons (Fsp3) is 0.727. The Hall–Kier alpha value is -0.870. The third kappa shape index (κ3) is 2.79. The van der Waals surface area contributed by atoms with Crippen molar-refractivity contribution in [1.29, 1.82) is 0 Å². The molecule has 0 aliphatic carbocycles. The summed E-state index contributed by atoms with van der Waals surface area (Å²) in [6.45, 7) is 4.11. The molecule has 1 saturated heterocycles. The number of aryl methyl sites for hydroxylation is 1. The minimum Gasteiger partial charge on any atom is -0.330 e. The average Bonchev–Trinajstić information content (AvgIpc) is 2.64. The molecule has 15 heavy (non-hydrogen) atoms. The molecule has 1 fully saturated rings. The van der Waals surface area contributed by atoms with Crippen molar-refractivity contribution in [3.8, 4) is 0 Å². The first kappa shape index (κ1) is 10.6. The van der Waals surface area contributed by atoms with Gasteiger partial charge in [-0.05, 0) is 37.9 Å². The molecule has 1 atom stereocenters. The average molecular weight is 208 g/mol. The Morgan fingerprint density at radius 1 is 1.60 bits per heavy atom. The van der Waals surface area contributed by atoms with Crippen LogP contribution in [0, 0.1) is 5.92 Å². The largest absolute Gasteiger partial charge is 0.330 e. The highest BCUT2D eigenvalue weighted by molar-refractivity contribution is 4.98. The highest BCUT2D eigenvalue weighted by Gasteiger charge is 2.18. The standard InChI is InChI=1S/C11H20N4/c1-14-6-4-11(13-14)9-15-5-2-3-10(7-12)8-15/h4,6,10H,2-3,5,7-9,12H2,1H3. The van der Waals surface area contributed by atoms with Gasteiger partial charge in [-0.2, -0.15) is 5.10 Å². The highest BCUT2D eigenvalue weighted by Crippen LogP contribution is 2.16. The van der Waals surface area contributed by atoms with Crippen molar-refractivity contribution in [1.82, 2.24) is 14.7 Å². The van der Waals surface area contributed by atoms with Gasteiger partial charge in [-0.1, -0.05) is 0 Å². The van der Waals surface area contributed by atoms with Crippen LogP contribution in [-0.2, 0) is 13.6 Å². The summed E-state index contributed by atoms with van der Waals surface area (Å²) in [5, 5.41) is 4.40. The van der Waals surface area contributed by atoms with Crippen molar-refractivity contribution < 1.29 is 0 Å². The molecule has 2 N–H and O–H groups in total. The van der Waals surface area contributed by atoms with E-state index in [0.29, 0.717) is 5.92 Å². The second-order valence-corrected chi connectivity index (χ2v) is 4.46. The summed E-state index contributed by atoms with van der Waals surface area (Å²) >= 11 is 0. The maximum absolute atomic E-state index is 5.72. The van der Waals surface area contributed by atoms with E-state index in [1.165, 1.54) is 19.4 Å². The molecule has 1 aliphatic heterocycles. The van der Waals surface area contributed by atoms with Crippen LogP contribution < -0.4 is 5.73 Å². The second kappa shape index (κ2) is 4.77. The monoisotopic (exact) mass is 208 g/mol. The lowest BCUT2D eigenvalue weighted by atomic mass is 9.98. The minimum atomic E-state index is 0.683. The van der Waals surface area contributed by atoms with E-state index in [9.17, 15) is 0 Å². The van der Waals surface area contributed by atoms with Crippen LogP contribution in [0.15, 0.2) is 12.3 Å². The summed E-state index contributed by atoms with van der Waals surface area (Å²) < 4.78 is 1.86. The van der Waals surface area contributed by atoms with Crippen LogP contribution in [0.2, 0.25) is 0 Å². The van der Waals surface area contributed by atoms with Gasteiger partial charge in [-0.15, -0.1) is 0 Å². The first-order chi connectivity index (χ1) is 7.28. The van der Waals surface area contributed by atoms with E-state index in [0.717, 1.165) is 25.3 Å². The Morgan fingerprint density at radius 3 is 3.13 bits per heavy atom. The molecular formula is C11H20N4. The summed E-state index contributed by atoms with van der Waals surface area (Å²) in [6.07, 6.45) is 4.56. The van der Waals surface area contributed by atoms with Gasteiger partial charge in [0.25, 0.3) is 0 Å². The van der Waals surface area contributed by atoms with E-state index in [2.05, 4.69) is 16.1 Å². The van der Waals surface area contributed by atoms with E-state index >= 15 is 0 Å². The van der Waals surface area contributed by atoms with Crippen molar-refractivity contribution in [3.63, 3.8) is 0 Å². The highest BCUT2D eigenvalue weighted by atomic mass is 15.3. The zero-order chi connectivity index (χ0) is 10.7. The van der Waals surface area contributed by atoms with Gasteiger partial charge < -0.3 is 5.73 Å². The Balaban J connectivity index is 1.88. The lowest BCUT2D eigenvalue weighted by Gasteiger charge is -2.31. The lowest BCUT2D eigenvalue weighted by Crippen LogP contribution is -2.37. The number of hydrogen-bond acceptors (Lipinski definition) is 3. The molecule has 1 unspecified atom stereocenters. The normalized spacial score (nSPS) is 23.2. The molecule has 1 aromatic heterocycles. The van der Waals surface area contributed by atoms with Gasteiger partial charge in [0.2, 0.25) is 0 Å².